The van der Waals surface area contributed by atoms with Crippen LogP contribution < -0.4 is 5.32 Å². The van der Waals surface area contributed by atoms with E-state index in [1.807, 2.05) is 19.3 Å². The maximum atomic E-state index is 11.7. The van der Waals surface area contributed by atoms with Crippen LogP contribution in [0.5, 0.6) is 0 Å². The summed E-state index contributed by atoms with van der Waals surface area (Å²) in [7, 11) is 1.86. The quantitative estimate of drug-likeness (QED) is 0.473. The summed E-state index contributed by atoms with van der Waals surface area (Å²) in [6.07, 6.45) is 3.98. The number of rotatable bonds is 5. The fourth-order valence-corrected chi connectivity index (χ4v) is 5.66. The number of carbonyl (C=O) groups is 1. The Morgan fingerprint density at radius 1 is 1.16 bits per heavy atom. The van der Waals surface area contributed by atoms with Crippen LogP contribution in [-0.4, -0.2) is 32.6 Å². The maximum absolute atomic E-state index is 11.7. The van der Waals surface area contributed by atoms with Crippen molar-refractivity contribution in [2.24, 2.45) is 0 Å². The van der Waals surface area contributed by atoms with Crippen LogP contribution in [0.1, 0.15) is 34.3 Å². The lowest BCUT2D eigenvalue weighted by molar-refractivity contribution is -0.116. The molecule has 7 heteroatoms. The highest BCUT2D eigenvalue weighted by Gasteiger charge is 2.30. The third kappa shape index (κ3) is 3.42. The number of hydrogen-bond donors (Lipinski definition) is 1. The molecule has 0 bridgehead atoms. The van der Waals surface area contributed by atoms with Crippen molar-refractivity contribution in [2.45, 2.75) is 40.0 Å². The number of carbonyl (C=O) groups excluding carboxylic acids is 1. The van der Waals surface area contributed by atoms with Gasteiger partial charge in [-0.25, -0.2) is 14.6 Å². The second kappa shape index (κ2) is 7.98. The number of para-hydroxylation sites is 1. The fourth-order valence-electron chi connectivity index (χ4n) is 4.42. The van der Waals surface area contributed by atoms with Gasteiger partial charge in [0.1, 0.15) is 16.6 Å². The first-order valence-electron chi connectivity index (χ1n) is 10.8. The number of anilines is 1. The first kappa shape index (κ1) is 20.6. The molecule has 32 heavy (non-hydrogen) atoms. The van der Waals surface area contributed by atoms with Gasteiger partial charge in [0.2, 0.25) is 0 Å². The summed E-state index contributed by atoms with van der Waals surface area (Å²) in [6, 6.07) is 10.4. The molecule has 0 radical (unpaired) electrons. The van der Waals surface area contributed by atoms with Crippen LogP contribution in [0.4, 0.5) is 5.82 Å². The van der Waals surface area contributed by atoms with Crippen LogP contribution in [0.3, 0.4) is 0 Å². The van der Waals surface area contributed by atoms with E-state index in [1.54, 1.807) is 18.3 Å². The Morgan fingerprint density at radius 3 is 2.59 bits per heavy atom. The Hall–Kier alpha value is -3.32. The Labute approximate surface area is 191 Å². The number of Topliss-reactive ketones (excluding diaryl/α,β-unsaturated/α-hetero) is 1. The van der Waals surface area contributed by atoms with E-state index in [-0.39, 0.29) is 5.78 Å². The highest BCUT2D eigenvalue weighted by molar-refractivity contribution is 7.15. The molecule has 1 aliphatic rings. The minimum Gasteiger partial charge on any atom is -0.373 e. The second-order valence-corrected chi connectivity index (χ2v) is 9.36. The van der Waals surface area contributed by atoms with Crippen molar-refractivity contribution in [3.05, 3.63) is 63.9 Å². The summed E-state index contributed by atoms with van der Waals surface area (Å²) in [4.78, 5) is 22.2. The van der Waals surface area contributed by atoms with Gasteiger partial charge in [-0.15, -0.1) is 11.3 Å². The first-order chi connectivity index (χ1) is 15.5. The van der Waals surface area contributed by atoms with E-state index in [2.05, 4.69) is 53.1 Å². The van der Waals surface area contributed by atoms with Crippen molar-refractivity contribution in [2.75, 3.05) is 12.4 Å². The van der Waals surface area contributed by atoms with Crippen molar-refractivity contribution < 1.29 is 4.79 Å². The lowest BCUT2D eigenvalue weighted by Gasteiger charge is -2.16. The molecule has 1 aliphatic carbocycles. The number of hydrogen-bond acceptors (Lipinski definition) is 6. The highest BCUT2D eigenvalue weighted by Crippen LogP contribution is 2.43. The molecule has 0 saturated heterocycles. The van der Waals surface area contributed by atoms with E-state index in [0.717, 1.165) is 56.9 Å². The fraction of sp³-hybridized carbons (Fsp3) is 0.280. The number of nitrogens with zero attached hydrogens (tertiary/aromatic N) is 4. The molecule has 162 valence electrons. The van der Waals surface area contributed by atoms with E-state index in [0.29, 0.717) is 6.42 Å². The SMILES string of the molecule is CNc1ccc(-c2nn(-c3c(C)cccc3C)c3c2CCc2nc(CC(C)=O)sc2-3)cn1. The standard InChI is InChI=1S/C25H25N5OS/c1-14-6-5-7-15(2)23(14)30-24-18(22(29-30)17-8-11-20(26-4)27-13-17)9-10-19-25(24)32-21(28-19)12-16(3)31/h5-8,11,13H,9-10,12H2,1-4H3,(H,26,27). The molecule has 5 rings (SSSR count). The van der Waals surface area contributed by atoms with Gasteiger partial charge < -0.3 is 5.32 Å². The number of nitrogens with one attached hydrogen (secondary N) is 1. The molecular formula is C25H25N5OS. The average Bonchev–Trinajstić information content (AvgIpc) is 3.34. The zero-order valence-electron chi connectivity index (χ0n) is 18.7. The minimum absolute atomic E-state index is 0.135. The summed E-state index contributed by atoms with van der Waals surface area (Å²) in [5, 5.41) is 9.10. The molecule has 0 aliphatic heterocycles. The molecule has 4 aromatic rings. The number of pyridine rings is 1. The predicted octanol–water partition coefficient (Wildman–Crippen LogP) is 4.95. The van der Waals surface area contributed by atoms with Crippen molar-refractivity contribution in [3.63, 3.8) is 0 Å². The summed E-state index contributed by atoms with van der Waals surface area (Å²) in [5.41, 5.74) is 8.80. The Bertz CT molecular complexity index is 1310. The Balaban J connectivity index is 1.76. The molecule has 0 amide bonds. The molecule has 3 heterocycles. The summed E-state index contributed by atoms with van der Waals surface area (Å²) < 4.78 is 2.09. The maximum Gasteiger partial charge on any atom is 0.136 e. The van der Waals surface area contributed by atoms with Crippen LogP contribution in [0.25, 0.3) is 27.5 Å². The summed E-state index contributed by atoms with van der Waals surface area (Å²) in [6.45, 7) is 5.86. The van der Waals surface area contributed by atoms with Crippen molar-refractivity contribution in [1.29, 1.82) is 0 Å². The second-order valence-electron chi connectivity index (χ2n) is 8.27. The van der Waals surface area contributed by atoms with E-state index >= 15 is 0 Å². The average molecular weight is 444 g/mol. The molecule has 1 aromatic carbocycles. The third-order valence-electron chi connectivity index (χ3n) is 5.90. The first-order valence-corrected chi connectivity index (χ1v) is 11.6. The molecule has 3 aromatic heterocycles. The number of fused-ring (bicyclic) bond motifs is 3. The third-order valence-corrected chi connectivity index (χ3v) is 7.00. The Kier molecular flexibility index (Phi) is 5.13. The largest absolute Gasteiger partial charge is 0.373 e. The number of aromatic nitrogens is 4. The van der Waals surface area contributed by atoms with Crippen molar-refractivity contribution in [3.8, 4) is 27.5 Å². The monoisotopic (exact) mass is 443 g/mol. The van der Waals surface area contributed by atoms with E-state index < -0.39 is 0 Å². The normalized spacial score (nSPS) is 12.4. The highest BCUT2D eigenvalue weighted by atomic mass is 32.1. The van der Waals surface area contributed by atoms with Gasteiger partial charge in [-0.3, -0.25) is 4.79 Å². The summed E-state index contributed by atoms with van der Waals surface area (Å²) >= 11 is 1.62. The van der Waals surface area contributed by atoms with Gasteiger partial charge in [-0.05, 0) is 56.9 Å². The van der Waals surface area contributed by atoms with E-state index in [9.17, 15) is 4.79 Å². The number of aryl methyl sites for hydroxylation is 3. The van der Waals surface area contributed by atoms with Gasteiger partial charge in [0, 0.05) is 24.4 Å². The lowest BCUT2D eigenvalue weighted by Crippen LogP contribution is -2.08. The zero-order chi connectivity index (χ0) is 22.4. The van der Waals surface area contributed by atoms with Gasteiger partial charge in [0.25, 0.3) is 0 Å². The number of thiazole rings is 1. The van der Waals surface area contributed by atoms with Crippen molar-refractivity contribution in [1.82, 2.24) is 19.7 Å². The topological polar surface area (TPSA) is 72.7 Å². The predicted molar refractivity (Wildman–Crippen MR) is 129 cm³/mol. The molecule has 0 unspecified atom stereocenters. The van der Waals surface area contributed by atoms with Crippen molar-refractivity contribution >= 4 is 22.9 Å². The van der Waals surface area contributed by atoms with Gasteiger partial charge in [0.15, 0.2) is 0 Å². The van der Waals surface area contributed by atoms with Gasteiger partial charge in [0.05, 0.1) is 34.1 Å². The molecule has 1 N–H and O–H groups in total. The lowest BCUT2D eigenvalue weighted by atomic mass is 9.95. The van der Waals surface area contributed by atoms with E-state index in [4.69, 9.17) is 10.1 Å². The van der Waals surface area contributed by atoms with Gasteiger partial charge in [-0.1, -0.05) is 18.2 Å². The molecular weight excluding hydrogens is 418 g/mol. The Morgan fingerprint density at radius 2 is 1.94 bits per heavy atom. The van der Waals surface area contributed by atoms with Crippen LogP contribution in [0.15, 0.2) is 36.5 Å². The van der Waals surface area contributed by atoms with Gasteiger partial charge in [-0.2, -0.15) is 5.10 Å². The molecule has 6 nitrogen and oxygen atoms in total. The van der Waals surface area contributed by atoms with Crippen LogP contribution in [-0.2, 0) is 24.1 Å². The van der Waals surface area contributed by atoms with E-state index in [1.165, 1.54) is 16.7 Å². The summed E-state index contributed by atoms with van der Waals surface area (Å²) in [5.74, 6) is 0.964. The molecule has 0 fully saturated rings. The zero-order valence-corrected chi connectivity index (χ0v) is 19.5. The minimum atomic E-state index is 0.135. The van der Waals surface area contributed by atoms with Crippen LogP contribution in [0.2, 0.25) is 0 Å². The van der Waals surface area contributed by atoms with Gasteiger partial charge >= 0.3 is 0 Å². The molecule has 0 spiro atoms. The van der Waals surface area contributed by atoms with Crippen LogP contribution in [0, 0.1) is 13.8 Å². The smallest absolute Gasteiger partial charge is 0.136 e. The van der Waals surface area contributed by atoms with Crippen LogP contribution >= 0.6 is 11.3 Å². The number of benzene rings is 1. The number of ketones is 1. The molecule has 0 atom stereocenters. The molecule has 0 saturated carbocycles.